The smallest absolute Gasteiger partial charge is 0.251 e. The van der Waals surface area contributed by atoms with Crippen molar-refractivity contribution in [3.05, 3.63) is 29.8 Å². The van der Waals surface area contributed by atoms with E-state index in [0.717, 1.165) is 12.8 Å². The van der Waals surface area contributed by atoms with Gasteiger partial charge in [-0.05, 0) is 37.1 Å². The highest BCUT2D eigenvalue weighted by molar-refractivity contribution is 6.10. The zero-order valence-corrected chi connectivity index (χ0v) is 12.2. The zero-order chi connectivity index (χ0) is 15.8. The minimum atomic E-state index is -0.251. The summed E-state index contributed by atoms with van der Waals surface area (Å²) in [6, 6.07) is 10.3. The molecule has 0 heterocycles. The largest absolute Gasteiger partial charge is 0.349 e. The molecule has 2 rings (SSSR count). The minimum Gasteiger partial charge on any atom is -0.349 e. The van der Waals surface area contributed by atoms with Gasteiger partial charge >= 0.3 is 0 Å². The Hall–Kier alpha value is -2.86. The summed E-state index contributed by atoms with van der Waals surface area (Å²) in [7, 11) is 0. The molecular weight excluding hydrogens is 278 g/mol. The summed E-state index contributed by atoms with van der Waals surface area (Å²) in [5.41, 5.74) is 3.55. The van der Waals surface area contributed by atoms with Gasteiger partial charge in [-0.2, -0.15) is 15.6 Å². The molecule has 1 aromatic rings. The summed E-state index contributed by atoms with van der Waals surface area (Å²) in [5, 5.41) is 23.9. The third kappa shape index (κ3) is 4.32. The maximum Gasteiger partial charge on any atom is 0.251 e. The number of nitriles is 2. The van der Waals surface area contributed by atoms with E-state index < -0.39 is 0 Å². The quantitative estimate of drug-likeness (QED) is 0.658. The van der Waals surface area contributed by atoms with Crippen LogP contribution in [0.1, 0.15) is 42.5 Å². The lowest BCUT2D eigenvalue weighted by Crippen LogP contribution is -2.36. The van der Waals surface area contributed by atoms with Crippen molar-refractivity contribution >= 4 is 17.3 Å². The van der Waals surface area contributed by atoms with E-state index in [2.05, 4.69) is 15.8 Å². The van der Waals surface area contributed by atoms with Crippen LogP contribution in [0.4, 0.5) is 5.69 Å². The lowest BCUT2D eigenvalue weighted by atomic mass is 9.95. The number of nitrogens with zero attached hydrogens (tertiary/aromatic N) is 3. The average Bonchev–Trinajstić information content (AvgIpc) is 2.57. The van der Waals surface area contributed by atoms with E-state index in [-0.39, 0.29) is 17.7 Å². The molecule has 0 aromatic heterocycles. The first-order valence-corrected chi connectivity index (χ1v) is 7.28. The molecule has 6 heteroatoms. The third-order valence-corrected chi connectivity index (χ3v) is 3.60. The molecule has 0 atom stereocenters. The van der Waals surface area contributed by atoms with Crippen LogP contribution < -0.4 is 10.7 Å². The van der Waals surface area contributed by atoms with Crippen LogP contribution in [-0.4, -0.2) is 17.7 Å². The average molecular weight is 295 g/mol. The summed E-state index contributed by atoms with van der Waals surface area (Å²) in [6.45, 7) is 0. The third-order valence-electron chi connectivity index (χ3n) is 3.60. The number of carbonyl (C=O) groups excluding carboxylic acids is 1. The van der Waals surface area contributed by atoms with Gasteiger partial charge in [-0.1, -0.05) is 19.3 Å². The standard InChI is InChI=1S/C16H17N5O/c17-10-15(11-18)21-20-14-8-6-12(7-9-14)16(22)19-13-4-2-1-3-5-13/h6-9,13,20H,1-5H2,(H,19,22). The molecule has 22 heavy (non-hydrogen) atoms. The lowest BCUT2D eigenvalue weighted by molar-refractivity contribution is 0.0928. The second-order valence-electron chi connectivity index (χ2n) is 5.18. The van der Waals surface area contributed by atoms with E-state index in [1.165, 1.54) is 19.3 Å². The molecule has 1 aliphatic rings. The van der Waals surface area contributed by atoms with Gasteiger partial charge in [-0.3, -0.25) is 10.2 Å². The Kier molecular flexibility index (Phi) is 5.50. The van der Waals surface area contributed by atoms with Crippen LogP contribution in [-0.2, 0) is 0 Å². The Balaban J connectivity index is 1.93. The van der Waals surface area contributed by atoms with Gasteiger partial charge in [0.2, 0.25) is 5.71 Å². The van der Waals surface area contributed by atoms with E-state index in [1.807, 2.05) is 0 Å². The summed E-state index contributed by atoms with van der Waals surface area (Å²) in [5.74, 6) is -0.0725. The van der Waals surface area contributed by atoms with Gasteiger partial charge in [0.15, 0.2) is 0 Å². The van der Waals surface area contributed by atoms with E-state index in [1.54, 1.807) is 36.4 Å². The van der Waals surface area contributed by atoms with Crippen LogP contribution in [0, 0.1) is 22.7 Å². The highest BCUT2D eigenvalue weighted by Crippen LogP contribution is 2.18. The van der Waals surface area contributed by atoms with E-state index in [0.29, 0.717) is 11.3 Å². The first-order chi connectivity index (χ1) is 10.7. The van der Waals surface area contributed by atoms with Crippen LogP contribution in [0.15, 0.2) is 29.4 Å². The van der Waals surface area contributed by atoms with Gasteiger partial charge in [0, 0.05) is 11.6 Å². The van der Waals surface area contributed by atoms with Crippen molar-refractivity contribution < 1.29 is 4.79 Å². The molecule has 0 saturated heterocycles. The predicted molar refractivity (Wildman–Crippen MR) is 83.1 cm³/mol. The topological polar surface area (TPSA) is 101 Å². The van der Waals surface area contributed by atoms with Gasteiger partial charge in [0.05, 0.1) is 5.69 Å². The summed E-state index contributed by atoms with van der Waals surface area (Å²) < 4.78 is 0. The number of carbonyl (C=O) groups is 1. The van der Waals surface area contributed by atoms with Crippen molar-refractivity contribution in [1.29, 1.82) is 10.5 Å². The number of rotatable bonds is 4. The maximum absolute atomic E-state index is 12.1. The monoisotopic (exact) mass is 295 g/mol. The maximum atomic E-state index is 12.1. The van der Waals surface area contributed by atoms with Gasteiger partial charge < -0.3 is 5.32 Å². The van der Waals surface area contributed by atoms with Crippen molar-refractivity contribution in [3.63, 3.8) is 0 Å². The fourth-order valence-electron chi connectivity index (χ4n) is 2.41. The Morgan fingerprint density at radius 1 is 1.09 bits per heavy atom. The molecule has 1 amide bonds. The molecule has 1 aliphatic carbocycles. The minimum absolute atomic E-state index is 0.0725. The van der Waals surface area contributed by atoms with Crippen molar-refractivity contribution in [2.45, 2.75) is 38.1 Å². The lowest BCUT2D eigenvalue weighted by Gasteiger charge is -2.22. The Bertz CT molecular complexity index is 614. The molecule has 1 aromatic carbocycles. The molecule has 0 bridgehead atoms. The number of hydrogen-bond acceptors (Lipinski definition) is 5. The van der Waals surface area contributed by atoms with Crippen LogP contribution in [0.5, 0.6) is 0 Å². The number of nitrogens with one attached hydrogen (secondary N) is 2. The van der Waals surface area contributed by atoms with Gasteiger partial charge in [0.25, 0.3) is 5.91 Å². The molecule has 0 radical (unpaired) electrons. The second-order valence-corrected chi connectivity index (χ2v) is 5.18. The normalized spacial score (nSPS) is 14.3. The van der Waals surface area contributed by atoms with Crippen molar-refractivity contribution in [3.8, 4) is 12.1 Å². The molecular formula is C16H17N5O. The van der Waals surface area contributed by atoms with Crippen molar-refractivity contribution in [1.82, 2.24) is 5.32 Å². The molecule has 0 unspecified atom stereocenters. The second kappa shape index (κ2) is 7.80. The van der Waals surface area contributed by atoms with E-state index in [9.17, 15) is 4.79 Å². The molecule has 6 nitrogen and oxygen atoms in total. The molecule has 1 saturated carbocycles. The van der Waals surface area contributed by atoms with E-state index in [4.69, 9.17) is 10.5 Å². The predicted octanol–water partition coefficient (Wildman–Crippen LogP) is 2.56. The number of benzene rings is 1. The zero-order valence-electron chi connectivity index (χ0n) is 12.2. The van der Waals surface area contributed by atoms with Crippen LogP contribution in [0.3, 0.4) is 0 Å². The molecule has 1 fully saturated rings. The number of anilines is 1. The van der Waals surface area contributed by atoms with Crippen LogP contribution >= 0.6 is 0 Å². The Morgan fingerprint density at radius 2 is 1.73 bits per heavy atom. The molecule has 0 spiro atoms. The van der Waals surface area contributed by atoms with Crippen molar-refractivity contribution in [2.75, 3.05) is 5.43 Å². The Morgan fingerprint density at radius 3 is 2.32 bits per heavy atom. The highest BCUT2D eigenvalue weighted by Gasteiger charge is 2.16. The Labute approximate surface area is 129 Å². The van der Waals surface area contributed by atoms with Crippen LogP contribution in [0.25, 0.3) is 0 Å². The van der Waals surface area contributed by atoms with Crippen molar-refractivity contribution in [2.24, 2.45) is 5.10 Å². The first-order valence-electron chi connectivity index (χ1n) is 7.28. The number of hydrazone groups is 1. The summed E-state index contributed by atoms with van der Waals surface area (Å²) in [4.78, 5) is 12.1. The van der Waals surface area contributed by atoms with Gasteiger partial charge in [0.1, 0.15) is 12.1 Å². The van der Waals surface area contributed by atoms with Gasteiger partial charge in [-0.15, -0.1) is 0 Å². The van der Waals surface area contributed by atoms with Crippen LogP contribution in [0.2, 0.25) is 0 Å². The summed E-state index contributed by atoms with van der Waals surface area (Å²) >= 11 is 0. The molecule has 2 N–H and O–H groups in total. The van der Waals surface area contributed by atoms with Gasteiger partial charge in [-0.25, -0.2) is 0 Å². The fraction of sp³-hybridized carbons (Fsp3) is 0.375. The first kappa shape index (κ1) is 15.5. The number of hydrogen-bond donors (Lipinski definition) is 2. The highest BCUT2D eigenvalue weighted by atomic mass is 16.1. The SMILES string of the molecule is N#CC(C#N)=NNc1ccc(C(=O)NC2CCCCC2)cc1. The fourth-order valence-corrected chi connectivity index (χ4v) is 2.41. The van der Waals surface area contributed by atoms with E-state index >= 15 is 0 Å². The molecule has 0 aliphatic heterocycles. The molecule has 112 valence electrons. The summed E-state index contributed by atoms with van der Waals surface area (Å²) in [6.07, 6.45) is 5.69. The number of amides is 1.